The standard InChI is InChI=1S/C20H14F3N5O3/c1-11-12(4-2-8-24-11)10-30-19(29)26-15-7-6-14(16-13(15)5-3-9-25-16)17-27-18(31-28-17)20(21,22)23/h2-9H,10H2,1H3,(H,26,29). The highest BCUT2D eigenvalue weighted by molar-refractivity contribution is 6.03. The maximum absolute atomic E-state index is 12.8. The van der Waals surface area contributed by atoms with Crippen LogP contribution in [-0.4, -0.2) is 26.2 Å². The fourth-order valence-electron chi connectivity index (χ4n) is 2.87. The number of carbonyl (C=O) groups excluding carboxylic acids is 1. The van der Waals surface area contributed by atoms with Gasteiger partial charge in [0.05, 0.1) is 11.2 Å². The second-order valence-electron chi connectivity index (χ2n) is 6.43. The Bertz CT molecular complexity index is 1260. The molecule has 0 aliphatic rings. The first-order valence-electron chi connectivity index (χ1n) is 8.96. The summed E-state index contributed by atoms with van der Waals surface area (Å²) in [7, 11) is 0. The lowest BCUT2D eigenvalue weighted by atomic mass is 10.1. The van der Waals surface area contributed by atoms with E-state index >= 15 is 0 Å². The lowest BCUT2D eigenvalue weighted by molar-refractivity contribution is -0.159. The van der Waals surface area contributed by atoms with Gasteiger partial charge in [0.2, 0.25) is 5.82 Å². The van der Waals surface area contributed by atoms with Crippen molar-refractivity contribution in [1.29, 1.82) is 0 Å². The average molecular weight is 429 g/mol. The van der Waals surface area contributed by atoms with Crippen molar-refractivity contribution in [1.82, 2.24) is 20.1 Å². The number of rotatable bonds is 4. The minimum absolute atomic E-state index is 0.0306. The Morgan fingerprint density at radius 2 is 1.90 bits per heavy atom. The second kappa shape index (κ2) is 8.01. The summed E-state index contributed by atoms with van der Waals surface area (Å²) in [5, 5.41) is 6.48. The summed E-state index contributed by atoms with van der Waals surface area (Å²) < 4.78 is 47.9. The molecule has 0 saturated carbocycles. The van der Waals surface area contributed by atoms with Crippen molar-refractivity contribution in [2.45, 2.75) is 19.7 Å². The monoisotopic (exact) mass is 429 g/mol. The minimum atomic E-state index is -4.76. The number of alkyl halides is 3. The number of pyridine rings is 2. The molecule has 0 aliphatic carbocycles. The summed E-state index contributed by atoms with van der Waals surface area (Å²) in [6.07, 6.45) is -2.36. The number of carbonyl (C=O) groups is 1. The van der Waals surface area contributed by atoms with Gasteiger partial charge in [-0.1, -0.05) is 11.2 Å². The molecular formula is C20H14F3N5O3. The first kappa shape index (κ1) is 20.3. The Balaban J connectivity index is 1.59. The summed E-state index contributed by atoms with van der Waals surface area (Å²) in [5.41, 5.74) is 2.38. The SMILES string of the molecule is Cc1ncccc1COC(=O)Nc1ccc(-c2noc(C(F)(F)F)n2)c2ncccc12. The lowest BCUT2D eigenvalue weighted by Gasteiger charge is -2.11. The Morgan fingerprint density at radius 3 is 2.65 bits per heavy atom. The molecule has 3 aromatic heterocycles. The molecule has 0 atom stereocenters. The highest BCUT2D eigenvalue weighted by Crippen LogP contribution is 2.33. The van der Waals surface area contributed by atoms with Gasteiger partial charge in [-0.3, -0.25) is 15.3 Å². The predicted molar refractivity (Wildman–Crippen MR) is 103 cm³/mol. The van der Waals surface area contributed by atoms with Gasteiger partial charge in [0.25, 0.3) is 0 Å². The van der Waals surface area contributed by atoms with E-state index in [0.717, 1.165) is 11.3 Å². The van der Waals surface area contributed by atoms with E-state index in [-0.39, 0.29) is 23.5 Å². The lowest BCUT2D eigenvalue weighted by Crippen LogP contribution is -2.14. The molecule has 0 unspecified atom stereocenters. The van der Waals surface area contributed by atoms with E-state index in [1.807, 2.05) is 0 Å². The van der Waals surface area contributed by atoms with Crippen molar-refractivity contribution in [3.8, 4) is 11.4 Å². The zero-order valence-corrected chi connectivity index (χ0v) is 16.0. The molecule has 0 bridgehead atoms. The number of aryl methyl sites for hydroxylation is 1. The summed E-state index contributed by atoms with van der Waals surface area (Å²) in [4.78, 5) is 24.0. The number of aromatic nitrogens is 4. The molecule has 1 aromatic carbocycles. The molecule has 4 rings (SSSR count). The molecule has 158 valence electrons. The number of nitrogens with zero attached hydrogens (tertiary/aromatic N) is 4. The Labute approximate surface area is 173 Å². The van der Waals surface area contributed by atoms with Crippen molar-refractivity contribution in [3.63, 3.8) is 0 Å². The molecule has 0 spiro atoms. The van der Waals surface area contributed by atoms with Crippen LogP contribution in [0.4, 0.5) is 23.7 Å². The van der Waals surface area contributed by atoms with E-state index in [4.69, 9.17) is 4.74 Å². The Morgan fingerprint density at radius 1 is 1.13 bits per heavy atom. The van der Waals surface area contributed by atoms with Gasteiger partial charge < -0.3 is 9.26 Å². The first-order chi connectivity index (χ1) is 14.8. The summed E-state index contributed by atoms with van der Waals surface area (Å²) in [6, 6.07) is 9.75. The molecule has 11 heteroatoms. The quantitative estimate of drug-likeness (QED) is 0.499. The van der Waals surface area contributed by atoms with Gasteiger partial charge in [-0.25, -0.2) is 4.79 Å². The van der Waals surface area contributed by atoms with E-state index in [1.165, 1.54) is 18.3 Å². The zero-order chi connectivity index (χ0) is 22.0. The molecule has 0 fully saturated rings. The van der Waals surface area contributed by atoms with E-state index in [0.29, 0.717) is 11.1 Å². The number of hydrogen-bond acceptors (Lipinski definition) is 7. The molecule has 0 saturated heterocycles. The maximum atomic E-state index is 12.8. The van der Waals surface area contributed by atoms with Crippen LogP contribution in [0.25, 0.3) is 22.3 Å². The fourth-order valence-corrected chi connectivity index (χ4v) is 2.87. The third-order valence-corrected chi connectivity index (χ3v) is 4.39. The minimum Gasteiger partial charge on any atom is -0.444 e. The Kier molecular flexibility index (Phi) is 5.24. The maximum Gasteiger partial charge on any atom is 0.471 e. The number of ether oxygens (including phenoxy) is 1. The molecule has 0 aliphatic heterocycles. The zero-order valence-electron chi connectivity index (χ0n) is 16.0. The van der Waals surface area contributed by atoms with Crippen molar-refractivity contribution >= 4 is 22.7 Å². The molecular weight excluding hydrogens is 415 g/mol. The highest BCUT2D eigenvalue weighted by atomic mass is 19.4. The van der Waals surface area contributed by atoms with E-state index < -0.39 is 18.2 Å². The highest BCUT2D eigenvalue weighted by Gasteiger charge is 2.38. The van der Waals surface area contributed by atoms with Gasteiger partial charge in [0.15, 0.2) is 0 Å². The molecule has 8 nitrogen and oxygen atoms in total. The van der Waals surface area contributed by atoms with Gasteiger partial charge in [0, 0.05) is 34.6 Å². The van der Waals surface area contributed by atoms with Crippen LogP contribution in [0.15, 0.2) is 53.3 Å². The van der Waals surface area contributed by atoms with E-state index in [9.17, 15) is 18.0 Å². The van der Waals surface area contributed by atoms with Crippen LogP contribution in [0.1, 0.15) is 17.1 Å². The predicted octanol–water partition coefficient (Wildman–Crippen LogP) is 4.76. The number of amides is 1. The molecule has 0 radical (unpaired) electrons. The third kappa shape index (κ3) is 4.29. The normalized spacial score (nSPS) is 11.5. The van der Waals surface area contributed by atoms with Crippen LogP contribution in [-0.2, 0) is 17.5 Å². The first-order valence-corrected chi connectivity index (χ1v) is 8.96. The van der Waals surface area contributed by atoms with Crippen LogP contribution >= 0.6 is 0 Å². The molecule has 4 aromatic rings. The molecule has 31 heavy (non-hydrogen) atoms. The fraction of sp³-hybridized carbons (Fsp3) is 0.150. The van der Waals surface area contributed by atoms with E-state index in [1.54, 1.807) is 37.4 Å². The van der Waals surface area contributed by atoms with Crippen molar-refractivity contribution < 1.29 is 27.2 Å². The number of halogens is 3. The molecule has 3 heterocycles. The number of anilines is 1. The van der Waals surface area contributed by atoms with E-state index in [2.05, 4.69) is 29.9 Å². The summed E-state index contributed by atoms with van der Waals surface area (Å²) >= 11 is 0. The topological polar surface area (TPSA) is 103 Å². The van der Waals surface area contributed by atoms with Crippen molar-refractivity contribution in [2.75, 3.05) is 5.32 Å². The summed E-state index contributed by atoms with van der Waals surface area (Å²) in [5.74, 6) is -1.72. The largest absolute Gasteiger partial charge is 0.471 e. The number of benzene rings is 1. The van der Waals surface area contributed by atoms with Crippen LogP contribution in [0.2, 0.25) is 0 Å². The average Bonchev–Trinajstić information content (AvgIpc) is 3.24. The molecule has 1 amide bonds. The van der Waals surface area contributed by atoms with Crippen molar-refractivity contribution in [3.05, 3.63) is 65.9 Å². The Hall–Kier alpha value is -4.02. The molecule has 1 N–H and O–H groups in total. The van der Waals surface area contributed by atoms with Crippen LogP contribution in [0, 0.1) is 6.92 Å². The number of fused-ring (bicyclic) bond motifs is 1. The van der Waals surface area contributed by atoms with Crippen LogP contribution < -0.4 is 5.32 Å². The number of nitrogens with one attached hydrogen (secondary N) is 1. The third-order valence-electron chi connectivity index (χ3n) is 4.39. The van der Waals surface area contributed by atoms with Gasteiger partial charge in [-0.2, -0.15) is 18.2 Å². The van der Waals surface area contributed by atoms with Crippen molar-refractivity contribution in [2.24, 2.45) is 0 Å². The van der Waals surface area contributed by atoms with Gasteiger partial charge in [0.1, 0.15) is 6.61 Å². The van der Waals surface area contributed by atoms with Crippen LogP contribution in [0.5, 0.6) is 0 Å². The van der Waals surface area contributed by atoms with Gasteiger partial charge in [-0.05, 0) is 37.3 Å². The van der Waals surface area contributed by atoms with Crippen LogP contribution in [0.3, 0.4) is 0 Å². The second-order valence-corrected chi connectivity index (χ2v) is 6.43. The number of hydrogen-bond donors (Lipinski definition) is 1. The van der Waals surface area contributed by atoms with Gasteiger partial charge >= 0.3 is 18.2 Å². The summed E-state index contributed by atoms with van der Waals surface area (Å²) in [6.45, 7) is 1.83. The van der Waals surface area contributed by atoms with Gasteiger partial charge in [-0.15, -0.1) is 0 Å². The smallest absolute Gasteiger partial charge is 0.444 e.